The Labute approximate surface area is 89.3 Å². The molecule has 2 rings (SSSR count). The maximum absolute atomic E-state index is 5.46. The molecule has 1 fully saturated rings. The Morgan fingerprint density at radius 1 is 1.57 bits per heavy atom. The molecule has 0 radical (unpaired) electrons. The normalized spacial score (nSPS) is 20.5. The second-order valence-electron chi connectivity index (χ2n) is 3.16. The van der Waals surface area contributed by atoms with E-state index in [2.05, 4.69) is 9.97 Å². The average Bonchev–Trinajstić information content (AvgIpc) is 2.71. The third-order valence-electron chi connectivity index (χ3n) is 2.26. The molecule has 0 saturated carbocycles. The number of rotatable bonds is 2. The summed E-state index contributed by atoms with van der Waals surface area (Å²) in [7, 11) is 0. The summed E-state index contributed by atoms with van der Waals surface area (Å²) in [6.07, 6.45) is 2.82. The van der Waals surface area contributed by atoms with Crippen LogP contribution in [0.2, 0.25) is 0 Å². The van der Waals surface area contributed by atoms with Gasteiger partial charge in [0.15, 0.2) is 0 Å². The highest BCUT2D eigenvalue weighted by Crippen LogP contribution is 2.22. The van der Waals surface area contributed by atoms with Gasteiger partial charge in [-0.25, -0.2) is 9.97 Å². The Kier molecular flexibility index (Phi) is 4.25. The maximum Gasteiger partial charge on any atom is 0.142 e. The van der Waals surface area contributed by atoms with Gasteiger partial charge < -0.3 is 10.5 Å². The lowest BCUT2D eigenvalue weighted by atomic mass is 10.1. The zero-order valence-electron chi connectivity index (χ0n) is 7.85. The number of halogens is 1. The molecule has 0 aromatic carbocycles. The number of nitrogens with two attached hydrogens (primary N) is 1. The van der Waals surface area contributed by atoms with Crippen LogP contribution in [0, 0.1) is 0 Å². The van der Waals surface area contributed by atoms with E-state index in [1.165, 1.54) is 0 Å². The molecule has 14 heavy (non-hydrogen) atoms. The second-order valence-corrected chi connectivity index (χ2v) is 3.16. The molecule has 1 aliphatic heterocycles. The van der Waals surface area contributed by atoms with Gasteiger partial charge in [-0.05, 0) is 12.5 Å². The molecule has 2 N–H and O–H groups in total. The lowest BCUT2D eigenvalue weighted by Crippen LogP contribution is -2.07. The minimum atomic E-state index is 0. The van der Waals surface area contributed by atoms with E-state index in [9.17, 15) is 0 Å². The molecule has 0 spiro atoms. The zero-order valence-corrected chi connectivity index (χ0v) is 8.67. The summed E-state index contributed by atoms with van der Waals surface area (Å²) in [6.45, 7) is 2.02. The molecule has 1 atom stereocenters. The summed E-state index contributed by atoms with van der Waals surface area (Å²) in [5, 5.41) is 0. The van der Waals surface area contributed by atoms with Crippen LogP contribution in [0.25, 0.3) is 0 Å². The summed E-state index contributed by atoms with van der Waals surface area (Å²) >= 11 is 0. The van der Waals surface area contributed by atoms with Crippen molar-refractivity contribution in [1.29, 1.82) is 0 Å². The molecule has 0 bridgehead atoms. The van der Waals surface area contributed by atoms with Gasteiger partial charge in [0.2, 0.25) is 0 Å². The van der Waals surface area contributed by atoms with Crippen LogP contribution in [0.15, 0.2) is 12.3 Å². The van der Waals surface area contributed by atoms with Crippen LogP contribution in [-0.2, 0) is 11.3 Å². The minimum absolute atomic E-state index is 0. The highest BCUT2D eigenvalue weighted by Gasteiger charge is 2.18. The largest absolute Gasteiger partial charge is 0.381 e. The van der Waals surface area contributed by atoms with Gasteiger partial charge in [-0.1, -0.05) is 0 Å². The molecule has 5 heteroatoms. The van der Waals surface area contributed by atoms with Crippen LogP contribution in [0.4, 0.5) is 0 Å². The van der Waals surface area contributed by atoms with E-state index in [1.807, 2.05) is 6.07 Å². The van der Waals surface area contributed by atoms with Crippen molar-refractivity contribution < 1.29 is 4.74 Å². The van der Waals surface area contributed by atoms with E-state index in [4.69, 9.17) is 10.5 Å². The molecular formula is C9H14ClN3O. The van der Waals surface area contributed by atoms with Crippen molar-refractivity contribution in [3.8, 4) is 0 Å². The summed E-state index contributed by atoms with van der Waals surface area (Å²) in [6, 6.07) is 1.94. The number of ether oxygens (including phenoxy) is 1. The second kappa shape index (κ2) is 5.24. The monoisotopic (exact) mass is 215 g/mol. The molecule has 1 aromatic rings. The van der Waals surface area contributed by atoms with Crippen molar-refractivity contribution in [2.45, 2.75) is 18.9 Å². The number of aromatic nitrogens is 2. The first kappa shape index (κ1) is 11.4. The van der Waals surface area contributed by atoms with Crippen molar-refractivity contribution >= 4 is 12.4 Å². The van der Waals surface area contributed by atoms with E-state index in [1.54, 1.807) is 6.20 Å². The summed E-state index contributed by atoms with van der Waals surface area (Å²) in [5.74, 6) is 1.15. The highest BCUT2D eigenvalue weighted by atomic mass is 35.5. The standard InChI is InChI=1S/C9H13N3O.ClH/c10-5-9-11-3-1-8(12-9)7-2-4-13-6-7;/h1,3,7H,2,4-6,10H2;1H. The first-order chi connectivity index (χ1) is 6.40. The van der Waals surface area contributed by atoms with Crippen LogP contribution in [-0.4, -0.2) is 23.2 Å². The molecule has 4 nitrogen and oxygen atoms in total. The van der Waals surface area contributed by atoms with E-state index < -0.39 is 0 Å². The van der Waals surface area contributed by atoms with Gasteiger partial charge in [0.05, 0.1) is 13.2 Å². The number of hydrogen-bond acceptors (Lipinski definition) is 4. The van der Waals surface area contributed by atoms with E-state index >= 15 is 0 Å². The molecular weight excluding hydrogens is 202 g/mol. The van der Waals surface area contributed by atoms with Gasteiger partial charge in [-0.2, -0.15) is 0 Å². The van der Waals surface area contributed by atoms with Crippen LogP contribution >= 0.6 is 12.4 Å². The Bertz CT molecular complexity index is 289. The summed E-state index contributed by atoms with van der Waals surface area (Å²) < 4.78 is 5.29. The van der Waals surface area contributed by atoms with Crippen molar-refractivity contribution in [3.63, 3.8) is 0 Å². The minimum Gasteiger partial charge on any atom is -0.381 e. The fourth-order valence-electron chi connectivity index (χ4n) is 1.51. The molecule has 1 unspecified atom stereocenters. The number of nitrogens with zero attached hydrogens (tertiary/aromatic N) is 2. The lowest BCUT2D eigenvalue weighted by Gasteiger charge is -2.06. The molecule has 1 saturated heterocycles. The molecule has 0 aliphatic carbocycles. The molecule has 1 aromatic heterocycles. The fraction of sp³-hybridized carbons (Fsp3) is 0.556. The van der Waals surface area contributed by atoms with Crippen LogP contribution in [0.1, 0.15) is 23.9 Å². The van der Waals surface area contributed by atoms with Crippen molar-refractivity contribution in [2.24, 2.45) is 5.73 Å². The van der Waals surface area contributed by atoms with Gasteiger partial charge in [-0.15, -0.1) is 12.4 Å². The molecule has 0 amide bonds. The Balaban J connectivity index is 0.000000980. The average molecular weight is 216 g/mol. The van der Waals surface area contributed by atoms with E-state index in [-0.39, 0.29) is 12.4 Å². The Morgan fingerprint density at radius 2 is 2.43 bits per heavy atom. The van der Waals surface area contributed by atoms with Gasteiger partial charge in [0, 0.05) is 24.4 Å². The van der Waals surface area contributed by atoms with Crippen LogP contribution < -0.4 is 5.73 Å². The number of hydrogen-bond donors (Lipinski definition) is 1. The zero-order chi connectivity index (χ0) is 9.10. The lowest BCUT2D eigenvalue weighted by molar-refractivity contribution is 0.193. The van der Waals surface area contributed by atoms with Gasteiger partial charge in [0.1, 0.15) is 5.82 Å². The maximum atomic E-state index is 5.46. The third-order valence-corrected chi connectivity index (χ3v) is 2.26. The van der Waals surface area contributed by atoms with E-state index in [0.717, 1.165) is 25.3 Å². The highest BCUT2D eigenvalue weighted by molar-refractivity contribution is 5.85. The fourth-order valence-corrected chi connectivity index (χ4v) is 1.51. The third kappa shape index (κ3) is 2.41. The Hall–Kier alpha value is -0.710. The van der Waals surface area contributed by atoms with E-state index in [0.29, 0.717) is 18.3 Å². The van der Waals surface area contributed by atoms with Gasteiger partial charge in [0.25, 0.3) is 0 Å². The Morgan fingerprint density at radius 3 is 3.07 bits per heavy atom. The summed E-state index contributed by atoms with van der Waals surface area (Å²) in [5.41, 5.74) is 6.52. The SMILES string of the molecule is Cl.NCc1nccc(C2CCOC2)n1. The predicted octanol–water partition coefficient (Wildman–Crippen LogP) is 0.861. The predicted molar refractivity (Wildman–Crippen MR) is 55.3 cm³/mol. The first-order valence-corrected chi connectivity index (χ1v) is 4.50. The quantitative estimate of drug-likeness (QED) is 0.795. The van der Waals surface area contributed by atoms with Crippen molar-refractivity contribution in [1.82, 2.24) is 9.97 Å². The van der Waals surface area contributed by atoms with Crippen LogP contribution in [0.5, 0.6) is 0 Å². The summed E-state index contributed by atoms with van der Waals surface area (Å²) in [4.78, 5) is 8.41. The first-order valence-electron chi connectivity index (χ1n) is 4.50. The molecule has 1 aliphatic rings. The topological polar surface area (TPSA) is 61.0 Å². The molecule has 78 valence electrons. The molecule has 2 heterocycles. The van der Waals surface area contributed by atoms with Gasteiger partial charge in [-0.3, -0.25) is 0 Å². The van der Waals surface area contributed by atoms with Crippen molar-refractivity contribution in [3.05, 3.63) is 23.8 Å². The smallest absolute Gasteiger partial charge is 0.142 e. The van der Waals surface area contributed by atoms with Crippen molar-refractivity contribution in [2.75, 3.05) is 13.2 Å². The van der Waals surface area contributed by atoms with Crippen LogP contribution in [0.3, 0.4) is 0 Å². The van der Waals surface area contributed by atoms with Gasteiger partial charge >= 0.3 is 0 Å².